The van der Waals surface area contributed by atoms with E-state index in [1.807, 2.05) is 0 Å². The van der Waals surface area contributed by atoms with E-state index in [4.69, 9.17) is 0 Å². The van der Waals surface area contributed by atoms with Gasteiger partial charge in [-0.3, -0.25) is 4.39 Å². The normalized spacial score (nSPS) is 31.6. The van der Waals surface area contributed by atoms with Gasteiger partial charge >= 0.3 is 0 Å². The minimum Gasteiger partial charge on any atom is -0.251 e. The molecule has 0 saturated heterocycles. The lowest BCUT2D eigenvalue weighted by Crippen LogP contribution is -2.06. The largest absolute Gasteiger partial charge is 0.251 e. The van der Waals surface area contributed by atoms with Crippen molar-refractivity contribution in [2.45, 2.75) is 65.7 Å². The van der Waals surface area contributed by atoms with Gasteiger partial charge in [0, 0.05) is 0 Å². The van der Waals surface area contributed by atoms with Crippen molar-refractivity contribution in [3.05, 3.63) is 0 Å². The lowest BCUT2D eigenvalue weighted by Gasteiger charge is -2.18. The van der Waals surface area contributed by atoms with Crippen molar-refractivity contribution in [2.75, 3.05) is 6.67 Å². The highest BCUT2D eigenvalue weighted by Crippen LogP contribution is 2.59. The van der Waals surface area contributed by atoms with Crippen LogP contribution in [0, 0.1) is 17.3 Å². The van der Waals surface area contributed by atoms with Gasteiger partial charge in [0.15, 0.2) is 0 Å². The summed E-state index contributed by atoms with van der Waals surface area (Å²) in [6.07, 6.45) is 8.70. The molecule has 0 N–H and O–H groups in total. The highest BCUT2D eigenvalue weighted by Gasteiger charge is 2.48. The summed E-state index contributed by atoms with van der Waals surface area (Å²) in [6.45, 7) is 6.82. The van der Waals surface area contributed by atoms with Gasteiger partial charge in [-0.1, -0.05) is 33.6 Å². The smallest absolute Gasteiger partial charge is 0.0894 e. The summed E-state index contributed by atoms with van der Waals surface area (Å²) in [7, 11) is 0. The van der Waals surface area contributed by atoms with E-state index in [1.165, 1.54) is 32.1 Å². The fourth-order valence-electron chi connectivity index (χ4n) is 2.97. The Hall–Kier alpha value is -0.0700. The average Bonchev–Trinajstić information content (AvgIpc) is 2.84. The maximum atomic E-state index is 12.0. The molecule has 1 rings (SSSR count). The van der Waals surface area contributed by atoms with E-state index in [9.17, 15) is 4.39 Å². The molecule has 0 heterocycles. The van der Waals surface area contributed by atoms with Crippen molar-refractivity contribution in [2.24, 2.45) is 17.3 Å². The molecule has 0 aromatic rings. The standard InChI is InChI=1S/C14H27F/c1-4-8-14(11-13(14)3)9-7-12(2)6-5-10-15/h12-13H,4-11H2,1-3H3. The first-order chi connectivity index (χ1) is 7.14. The predicted molar refractivity (Wildman–Crippen MR) is 64.7 cm³/mol. The predicted octanol–water partition coefficient (Wildman–Crippen LogP) is 4.98. The third-order valence-corrected chi connectivity index (χ3v) is 4.31. The number of rotatable bonds is 8. The summed E-state index contributed by atoms with van der Waals surface area (Å²) in [5.41, 5.74) is 0.693. The zero-order valence-corrected chi connectivity index (χ0v) is 10.7. The molecule has 90 valence electrons. The van der Waals surface area contributed by atoms with Crippen LogP contribution in [0.3, 0.4) is 0 Å². The van der Waals surface area contributed by atoms with Gasteiger partial charge in [-0.05, 0) is 49.4 Å². The third kappa shape index (κ3) is 3.77. The monoisotopic (exact) mass is 214 g/mol. The van der Waals surface area contributed by atoms with Crippen LogP contribution in [0.2, 0.25) is 0 Å². The van der Waals surface area contributed by atoms with Crippen LogP contribution in [-0.4, -0.2) is 6.67 Å². The Morgan fingerprint density at radius 1 is 1.33 bits per heavy atom. The Kier molecular flexibility index (Phi) is 5.08. The van der Waals surface area contributed by atoms with Crippen LogP contribution < -0.4 is 0 Å². The van der Waals surface area contributed by atoms with Crippen molar-refractivity contribution >= 4 is 0 Å². The fourth-order valence-corrected chi connectivity index (χ4v) is 2.97. The Balaban J connectivity index is 2.17. The van der Waals surface area contributed by atoms with E-state index in [0.29, 0.717) is 5.41 Å². The molecule has 3 unspecified atom stereocenters. The number of hydrogen-bond donors (Lipinski definition) is 0. The molecule has 1 aliphatic carbocycles. The van der Waals surface area contributed by atoms with Gasteiger partial charge < -0.3 is 0 Å². The third-order valence-electron chi connectivity index (χ3n) is 4.31. The van der Waals surface area contributed by atoms with E-state index in [0.717, 1.165) is 24.7 Å². The average molecular weight is 214 g/mol. The van der Waals surface area contributed by atoms with E-state index in [2.05, 4.69) is 20.8 Å². The Morgan fingerprint density at radius 3 is 2.47 bits per heavy atom. The molecule has 1 saturated carbocycles. The second kappa shape index (κ2) is 5.86. The number of halogens is 1. The molecule has 0 amide bonds. The van der Waals surface area contributed by atoms with Crippen LogP contribution in [0.25, 0.3) is 0 Å². The quantitative estimate of drug-likeness (QED) is 0.534. The molecule has 0 aromatic carbocycles. The van der Waals surface area contributed by atoms with Crippen LogP contribution in [0.15, 0.2) is 0 Å². The molecule has 1 aliphatic rings. The Morgan fingerprint density at radius 2 is 2.00 bits per heavy atom. The summed E-state index contributed by atoms with van der Waals surface area (Å²) in [6, 6.07) is 0. The summed E-state index contributed by atoms with van der Waals surface area (Å²) in [5.74, 6) is 1.67. The summed E-state index contributed by atoms with van der Waals surface area (Å²) >= 11 is 0. The lowest BCUT2D eigenvalue weighted by atomic mass is 9.87. The minimum absolute atomic E-state index is 0.138. The van der Waals surface area contributed by atoms with Crippen LogP contribution in [0.5, 0.6) is 0 Å². The minimum atomic E-state index is -0.138. The topological polar surface area (TPSA) is 0 Å². The first kappa shape index (κ1) is 13.0. The van der Waals surface area contributed by atoms with Crippen LogP contribution in [0.1, 0.15) is 65.7 Å². The van der Waals surface area contributed by atoms with Crippen molar-refractivity contribution in [3.63, 3.8) is 0 Å². The summed E-state index contributed by atoms with van der Waals surface area (Å²) in [4.78, 5) is 0. The van der Waals surface area contributed by atoms with E-state index >= 15 is 0 Å². The molecule has 0 bridgehead atoms. The summed E-state index contributed by atoms with van der Waals surface area (Å²) < 4.78 is 12.0. The van der Waals surface area contributed by atoms with E-state index < -0.39 is 0 Å². The molecule has 0 radical (unpaired) electrons. The first-order valence-corrected chi connectivity index (χ1v) is 6.70. The maximum Gasteiger partial charge on any atom is 0.0894 e. The van der Waals surface area contributed by atoms with E-state index in [-0.39, 0.29) is 6.67 Å². The molecule has 0 aromatic heterocycles. The molecule has 0 nitrogen and oxygen atoms in total. The van der Waals surface area contributed by atoms with Crippen molar-refractivity contribution in [1.29, 1.82) is 0 Å². The molecule has 1 fully saturated rings. The van der Waals surface area contributed by atoms with Crippen LogP contribution >= 0.6 is 0 Å². The second-order valence-corrected chi connectivity index (χ2v) is 5.69. The van der Waals surface area contributed by atoms with Crippen molar-refractivity contribution in [3.8, 4) is 0 Å². The van der Waals surface area contributed by atoms with Gasteiger partial charge in [0.25, 0.3) is 0 Å². The van der Waals surface area contributed by atoms with Crippen molar-refractivity contribution < 1.29 is 4.39 Å². The lowest BCUT2D eigenvalue weighted by molar-refractivity contribution is 0.325. The van der Waals surface area contributed by atoms with Gasteiger partial charge in [0.1, 0.15) is 0 Å². The van der Waals surface area contributed by atoms with E-state index in [1.54, 1.807) is 0 Å². The highest BCUT2D eigenvalue weighted by molar-refractivity contribution is 4.99. The fraction of sp³-hybridized carbons (Fsp3) is 1.00. The van der Waals surface area contributed by atoms with Gasteiger partial charge in [-0.2, -0.15) is 0 Å². The molecule has 3 atom stereocenters. The maximum absolute atomic E-state index is 12.0. The Labute approximate surface area is 94.6 Å². The number of alkyl halides is 1. The molecule has 1 heteroatoms. The zero-order valence-electron chi connectivity index (χ0n) is 10.7. The molecular weight excluding hydrogens is 187 g/mol. The highest BCUT2D eigenvalue weighted by atomic mass is 19.1. The zero-order chi connectivity index (χ0) is 11.3. The second-order valence-electron chi connectivity index (χ2n) is 5.69. The van der Waals surface area contributed by atoms with Gasteiger partial charge in [0.2, 0.25) is 0 Å². The Bertz CT molecular complexity index is 178. The number of hydrogen-bond acceptors (Lipinski definition) is 0. The van der Waals surface area contributed by atoms with Crippen molar-refractivity contribution in [1.82, 2.24) is 0 Å². The SMILES string of the molecule is CCCC1(CCC(C)CCCF)CC1C. The first-order valence-electron chi connectivity index (χ1n) is 6.70. The van der Waals surface area contributed by atoms with Gasteiger partial charge in [-0.15, -0.1) is 0 Å². The summed E-state index contributed by atoms with van der Waals surface area (Å²) in [5, 5.41) is 0. The molecule has 0 aliphatic heterocycles. The van der Waals surface area contributed by atoms with Crippen LogP contribution in [0.4, 0.5) is 4.39 Å². The molecule has 0 spiro atoms. The van der Waals surface area contributed by atoms with Gasteiger partial charge in [0.05, 0.1) is 6.67 Å². The van der Waals surface area contributed by atoms with Crippen LogP contribution in [-0.2, 0) is 0 Å². The van der Waals surface area contributed by atoms with Gasteiger partial charge in [-0.25, -0.2) is 0 Å². The molecule has 15 heavy (non-hydrogen) atoms. The molecular formula is C14H27F.